The van der Waals surface area contributed by atoms with E-state index < -0.39 is 0 Å². The topological polar surface area (TPSA) is 37.4 Å². The van der Waals surface area contributed by atoms with E-state index in [2.05, 4.69) is 32.6 Å². The monoisotopic (exact) mass is 229 g/mol. The van der Waals surface area contributed by atoms with Gasteiger partial charge in [0.05, 0.1) is 0 Å². The smallest absolute Gasteiger partial charge is 0.298 e. The highest BCUT2D eigenvalue weighted by Crippen LogP contribution is 2.26. The zero-order valence-corrected chi connectivity index (χ0v) is 10.4. The molecule has 0 N–H and O–H groups in total. The van der Waals surface area contributed by atoms with Gasteiger partial charge in [-0.3, -0.25) is 4.90 Å². The van der Waals surface area contributed by atoms with E-state index in [0.717, 1.165) is 5.92 Å². The van der Waals surface area contributed by atoms with Crippen LogP contribution in [0.4, 0.5) is 0 Å². The molecule has 96 valence electrons. The molecule has 0 spiro atoms. The number of hydrogen-bond donors (Lipinski definition) is 0. The van der Waals surface area contributed by atoms with Gasteiger partial charge >= 0.3 is 6.15 Å². The van der Waals surface area contributed by atoms with Crippen molar-refractivity contribution in [2.75, 3.05) is 13.1 Å². The Morgan fingerprint density at radius 3 is 1.75 bits per heavy atom. The Morgan fingerprint density at radius 1 is 1.06 bits per heavy atom. The molecule has 0 aliphatic carbocycles. The Labute approximate surface area is 100 Å². The maximum atomic E-state index is 8.12. The van der Waals surface area contributed by atoms with Crippen LogP contribution < -0.4 is 0 Å². The Balaban J connectivity index is 0. The molecular weight excluding hydrogens is 202 g/mol. The van der Waals surface area contributed by atoms with Crippen LogP contribution in [0.25, 0.3) is 0 Å². The zero-order valence-electron chi connectivity index (χ0n) is 10.4. The van der Waals surface area contributed by atoms with Gasteiger partial charge in [-0.25, -0.2) is 0 Å². The molecule has 0 amide bonds. The van der Waals surface area contributed by atoms with E-state index in [-0.39, 0.29) is 13.6 Å². The number of carbonyl (C=O) groups excluding carboxylic acids is 2. The molecule has 1 fully saturated rings. The van der Waals surface area contributed by atoms with Gasteiger partial charge in [-0.1, -0.05) is 27.7 Å². The average molecular weight is 229 g/mol. The average Bonchev–Trinajstić information content (AvgIpc) is 2.20. The first-order valence-corrected chi connectivity index (χ1v) is 5.71. The number of piperidine rings is 1. The summed E-state index contributed by atoms with van der Waals surface area (Å²) in [5.41, 5.74) is 0.403. The van der Waals surface area contributed by atoms with Crippen molar-refractivity contribution in [2.24, 2.45) is 5.92 Å². The van der Waals surface area contributed by atoms with Gasteiger partial charge in [0, 0.05) is 5.54 Å². The molecule has 1 heterocycles. The molecule has 3 heteroatoms. The van der Waals surface area contributed by atoms with Gasteiger partial charge in [-0.15, -0.1) is 0 Å². The lowest BCUT2D eigenvalue weighted by atomic mass is 9.87. The Hall–Kier alpha value is -0.660. The first-order chi connectivity index (χ1) is 6.96. The molecule has 0 aromatic rings. The van der Waals surface area contributed by atoms with Crippen LogP contribution in [0.15, 0.2) is 0 Å². The van der Waals surface area contributed by atoms with Crippen LogP contribution in [0, 0.1) is 5.92 Å². The standard InChI is InChI=1S/C11H23N.CO2.CH4/c1-10(2)11(3,4)12-8-6-5-7-9-12;2-1-3;/h10H,5-9H2,1-4H3;;1H4. The molecule has 16 heavy (non-hydrogen) atoms. The minimum Gasteiger partial charge on any atom is -0.298 e. The van der Waals surface area contributed by atoms with Crippen LogP contribution in [0.2, 0.25) is 0 Å². The first kappa shape index (κ1) is 17.7. The summed E-state index contributed by atoms with van der Waals surface area (Å²) in [4.78, 5) is 18.9. The molecular formula is C13H27NO2. The fourth-order valence-electron chi connectivity index (χ4n) is 1.84. The Kier molecular flexibility index (Phi) is 9.40. The quantitative estimate of drug-likeness (QED) is 0.730. The van der Waals surface area contributed by atoms with Crippen molar-refractivity contribution in [3.63, 3.8) is 0 Å². The van der Waals surface area contributed by atoms with Gasteiger partial charge in [0.2, 0.25) is 0 Å². The van der Waals surface area contributed by atoms with Crippen molar-refractivity contribution in [1.29, 1.82) is 0 Å². The van der Waals surface area contributed by atoms with Crippen LogP contribution in [-0.4, -0.2) is 29.7 Å². The van der Waals surface area contributed by atoms with Crippen LogP contribution in [0.1, 0.15) is 54.4 Å². The minimum atomic E-state index is 0. The summed E-state index contributed by atoms with van der Waals surface area (Å²) in [7, 11) is 0. The second-order valence-corrected chi connectivity index (χ2v) is 4.94. The SMILES string of the molecule is C.CC(C)C(C)(C)N1CCCCC1.O=C=O. The van der Waals surface area contributed by atoms with Gasteiger partial charge in [-0.05, 0) is 45.7 Å². The van der Waals surface area contributed by atoms with E-state index >= 15 is 0 Å². The fraction of sp³-hybridized carbons (Fsp3) is 0.923. The summed E-state index contributed by atoms with van der Waals surface area (Å²) < 4.78 is 0. The maximum absolute atomic E-state index is 8.12. The van der Waals surface area contributed by atoms with Crippen molar-refractivity contribution < 1.29 is 9.59 Å². The lowest BCUT2D eigenvalue weighted by molar-refractivity contribution is -0.191. The van der Waals surface area contributed by atoms with Crippen molar-refractivity contribution in [3.05, 3.63) is 0 Å². The van der Waals surface area contributed by atoms with E-state index in [1.165, 1.54) is 32.4 Å². The molecule has 3 nitrogen and oxygen atoms in total. The predicted molar refractivity (Wildman–Crippen MR) is 66.1 cm³/mol. The highest BCUT2D eigenvalue weighted by molar-refractivity contribution is 5.20. The van der Waals surface area contributed by atoms with E-state index in [4.69, 9.17) is 9.59 Å². The summed E-state index contributed by atoms with van der Waals surface area (Å²) in [6, 6.07) is 0. The van der Waals surface area contributed by atoms with Crippen molar-refractivity contribution in [1.82, 2.24) is 4.90 Å². The van der Waals surface area contributed by atoms with Crippen LogP contribution in [-0.2, 0) is 9.59 Å². The normalized spacial score (nSPS) is 16.8. The number of hydrogen-bond acceptors (Lipinski definition) is 3. The summed E-state index contributed by atoms with van der Waals surface area (Å²) in [5, 5.41) is 0. The van der Waals surface area contributed by atoms with Gasteiger partial charge < -0.3 is 0 Å². The van der Waals surface area contributed by atoms with Crippen LogP contribution in [0.3, 0.4) is 0 Å². The molecule has 1 rings (SSSR count). The highest BCUT2D eigenvalue weighted by atomic mass is 16.2. The second-order valence-electron chi connectivity index (χ2n) is 4.94. The summed E-state index contributed by atoms with van der Waals surface area (Å²) in [6.07, 6.45) is 4.48. The van der Waals surface area contributed by atoms with Gasteiger partial charge in [0.25, 0.3) is 0 Å². The lowest BCUT2D eigenvalue weighted by Crippen LogP contribution is -2.50. The third-order valence-electron chi connectivity index (χ3n) is 3.58. The van der Waals surface area contributed by atoms with Gasteiger partial charge in [-0.2, -0.15) is 9.59 Å². The highest BCUT2D eigenvalue weighted by Gasteiger charge is 2.30. The minimum absolute atomic E-state index is 0. The first-order valence-electron chi connectivity index (χ1n) is 5.71. The maximum Gasteiger partial charge on any atom is 0.373 e. The third-order valence-corrected chi connectivity index (χ3v) is 3.58. The summed E-state index contributed by atoms with van der Waals surface area (Å²) >= 11 is 0. The van der Waals surface area contributed by atoms with E-state index in [1.54, 1.807) is 0 Å². The molecule has 1 aliphatic heterocycles. The number of nitrogens with zero attached hydrogens (tertiary/aromatic N) is 1. The molecule has 0 radical (unpaired) electrons. The molecule has 1 saturated heterocycles. The van der Waals surface area contributed by atoms with Gasteiger partial charge in [0.15, 0.2) is 0 Å². The van der Waals surface area contributed by atoms with E-state index in [1.807, 2.05) is 0 Å². The number of rotatable bonds is 2. The zero-order chi connectivity index (χ0) is 11.9. The van der Waals surface area contributed by atoms with E-state index in [9.17, 15) is 0 Å². The fourth-order valence-corrected chi connectivity index (χ4v) is 1.84. The molecule has 0 unspecified atom stereocenters. The van der Waals surface area contributed by atoms with Crippen LogP contribution >= 0.6 is 0 Å². The summed E-state index contributed by atoms with van der Waals surface area (Å²) in [6.45, 7) is 12.0. The molecule has 0 bridgehead atoms. The third kappa shape index (κ3) is 5.43. The summed E-state index contributed by atoms with van der Waals surface area (Å²) in [5.74, 6) is 0.760. The number of likely N-dealkylation sites (tertiary alicyclic amines) is 1. The molecule has 1 aliphatic rings. The Morgan fingerprint density at radius 2 is 1.44 bits per heavy atom. The van der Waals surface area contributed by atoms with Gasteiger partial charge in [0.1, 0.15) is 0 Å². The largest absolute Gasteiger partial charge is 0.373 e. The molecule has 0 aromatic carbocycles. The van der Waals surface area contributed by atoms with Crippen molar-refractivity contribution >= 4 is 6.15 Å². The molecule has 0 atom stereocenters. The van der Waals surface area contributed by atoms with Crippen LogP contribution in [0.5, 0.6) is 0 Å². The lowest BCUT2D eigenvalue weighted by Gasteiger charge is -2.43. The predicted octanol–water partition coefficient (Wildman–Crippen LogP) is 2.96. The van der Waals surface area contributed by atoms with E-state index in [0.29, 0.717) is 5.54 Å². The molecule has 0 aromatic heterocycles. The molecule has 0 saturated carbocycles. The van der Waals surface area contributed by atoms with Crippen molar-refractivity contribution in [3.8, 4) is 0 Å². The Bertz CT molecular complexity index is 200. The second kappa shape index (κ2) is 8.49. The van der Waals surface area contributed by atoms with Crippen molar-refractivity contribution in [2.45, 2.75) is 59.9 Å².